The molecule has 50 valence electrons. The molecule has 0 saturated carbocycles. The SMILES string of the molecule is CSSC1=CC(=O)OC1. The van der Waals surface area contributed by atoms with Crippen LogP contribution in [-0.2, 0) is 9.53 Å². The summed E-state index contributed by atoms with van der Waals surface area (Å²) in [6.45, 7) is 0.463. The molecule has 1 heterocycles. The molecule has 0 fully saturated rings. The molecule has 1 aliphatic heterocycles. The van der Waals surface area contributed by atoms with Gasteiger partial charge >= 0.3 is 5.97 Å². The second-order valence-corrected chi connectivity index (χ2v) is 3.99. The first-order valence-corrected chi connectivity index (χ1v) is 4.96. The van der Waals surface area contributed by atoms with Crippen molar-refractivity contribution in [3.05, 3.63) is 11.0 Å². The summed E-state index contributed by atoms with van der Waals surface area (Å²) >= 11 is 0. The topological polar surface area (TPSA) is 26.3 Å². The largest absolute Gasteiger partial charge is 0.457 e. The molecule has 4 heteroatoms. The van der Waals surface area contributed by atoms with E-state index in [0.29, 0.717) is 6.61 Å². The predicted molar refractivity (Wildman–Crippen MR) is 40.1 cm³/mol. The quantitative estimate of drug-likeness (QED) is 0.453. The summed E-state index contributed by atoms with van der Waals surface area (Å²) in [6, 6.07) is 0. The zero-order valence-electron chi connectivity index (χ0n) is 4.92. The second kappa shape index (κ2) is 3.17. The first kappa shape index (κ1) is 7.02. The van der Waals surface area contributed by atoms with Gasteiger partial charge in [-0.05, 0) is 6.26 Å². The summed E-state index contributed by atoms with van der Waals surface area (Å²) in [5.41, 5.74) is 0. The highest BCUT2D eigenvalue weighted by molar-refractivity contribution is 8.77. The van der Waals surface area contributed by atoms with E-state index in [-0.39, 0.29) is 5.97 Å². The van der Waals surface area contributed by atoms with Crippen molar-refractivity contribution in [2.45, 2.75) is 0 Å². The standard InChI is InChI=1S/C5H6O2S2/c1-8-9-4-2-5(6)7-3-4/h2H,3H2,1H3. The lowest BCUT2D eigenvalue weighted by Crippen LogP contribution is -1.90. The number of esters is 1. The van der Waals surface area contributed by atoms with Gasteiger partial charge in [-0.3, -0.25) is 0 Å². The fraction of sp³-hybridized carbons (Fsp3) is 0.400. The molecule has 1 aliphatic rings. The molecule has 0 atom stereocenters. The molecule has 0 amide bonds. The second-order valence-electron chi connectivity index (χ2n) is 1.47. The van der Waals surface area contributed by atoms with Crippen LogP contribution >= 0.6 is 21.6 Å². The summed E-state index contributed by atoms with van der Waals surface area (Å²) in [5, 5.41) is 0. The van der Waals surface area contributed by atoms with Crippen LogP contribution < -0.4 is 0 Å². The Balaban J connectivity index is 2.42. The average Bonchev–Trinajstić information content (AvgIpc) is 2.17. The summed E-state index contributed by atoms with van der Waals surface area (Å²) < 4.78 is 4.65. The Bertz CT molecular complexity index is 153. The molecule has 0 aromatic carbocycles. The molecule has 0 radical (unpaired) electrons. The van der Waals surface area contributed by atoms with E-state index >= 15 is 0 Å². The Kier molecular flexibility index (Phi) is 2.48. The molecule has 2 nitrogen and oxygen atoms in total. The highest BCUT2D eigenvalue weighted by atomic mass is 33.1. The Hall–Kier alpha value is -0.0900. The van der Waals surface area contributed by atoms with Crippen LogP contribution in [0.4, 0.5) is 0 Å². The Morgan fingerprint density at radius 3 is 3.00 bits per heavy atom. The van der Waals surface area contributed by atoms with Gasteiger partial charge in [-0.1, -0.05) is 21.6 Å². The molecule has 0 spiro atoms. The van der Waals surface area contributed by atoms with E-state index in [2.05, 4.69) is 4.74 Å². The van der Waals surface area contributed by atoms with Gasteiger partial charge < -0.3 is 4.74 Å². The van der Waals surface area contributed by atoms with Gasteiger partial charge in [0.2, 0.25) is 0 Å². The van der Waals surface area contributed by atoms with E-state index in [9.17, 15) is 4.79 Å². The minimum atomic E-state index is -0.216. The van der Waals surface area contributed by atoms with Crippen LogP contribution in [0, 0.1) is 0 Å². The Morgan fingerprint density at radius 1 is 1.78 bits per heavy atom. The van der Waals surface area contributed by atoms with Crippen molar-refractivity contribution in [2.24, 2.45) is 0 Å². The lowest BCUT2D eigenvalue weighted by atomic mass is 10.6. The molecule has 0 aliphatic carbocycles. The maximum Gasteiger partial charge on any atom is 0.332 e. The van der Waals surface area contributed by atoms with Crippen molar-refractivity contribution < 1.29 is 9.53 Å². The van der Waals surface area contributed by atoms with Gasteiger partial charge in [0.15, 0.2) is 0 Å². The maximum absolute atomic E-state index is 10.4. The van der Waals surface area contributed by atoms with Crippen molar-refractivity contribution in [3.8, 4) is 0 Å². The van der Waals surface area contributed by atoms with Gasteiger partial charge in [0.1, 0.15) is 6.61 Å². The molecule has 0 N–H and O–H groups in total. The Morgan fingerprint density at radius 2 is 2.56 bits per heavy atom. The molecule has 0 saturated heterocycles. The van der Waals surface area contributed by atoms with Gasteiger partial charge in [0.05, 0.1) is 0 Å². The van der Waals surface area contributed by atoms with Gasteiger partial charge in [-0.15, -0.1) is 0 Å². The summed E-state index contributed by atoms with van der Waals surface area (Å²) in [5.74, 6) is -0.216. The molecule has 1 rings (SSSR count). The van der Waals surface area contributed by atoms with Crippen molar-refractivity contribution >= 4 is 27.6 Å². The number of hydrogen-bond donors (Lipinski definition) is 0. The molecular weight excluding hydrogens is 156 g/mol. The van der Waals surface area contributed by atoms with Crippen molar-refractivity contribution in [3.63, 3.8) is 0 Å². The van der Waals surface area contributed by atoms with Crippen molar-refractivity contribution in [1.29, 1.82) is 0 Å². The van der Waals surface area contributed by atoms with Crippen LogP contribution in [0.1, 0.15) is 0 Å². The third-order valence-corrected chi connectivity index (χ3v) is 2.58. The Labute approximate surface area is 61.4 Å². The van der Waals surface area contributed by atoms with Gasteiger partial charge in [0, 0.05) is 11.0 Å². The van der Waals surface area contributed by atoms with E-state index in [0.717, 1.165) is 4.91 Å². The van der Waals surface area contributed by atoms with Crippen LogP contribution in [0.5, 0.6) is 0 Å². The van der Waals surface area contributed by atoms with Crippen LogP contribution in [0.25, 0.3) is 0 Å². The van der Waals surface area contributed by atoms with Gasteiger partial charge in [0.25, 0.3) is 0 Å². The molecule has 0 bridgehead atoms. The maximum atomic E-state index is 10.4. The number of hydrogen-bond acceptors (Lipinski definition) is 4. The minimum absolute atomic E-state index is 0.216. The van der Waals surface area contributed by atoms with Crippen LogP contribution in [0.15, 0.2) is 11.0 Å². The van der Waals surface area contributed by atoms with E-state index in [1.54, 1.807) is 21.6 Å². The summed E-state index contributed by atoms with van der Waals surface area (Å²) in [6.07, 6.45) is 3.50. The fourth-order valence-electron chi connectivity index (χ4n) is 0.512. The zero-order chi connectivity index (χ0) is 6.69. The number of cyclic esters (lactones) is 1. The summed E-state index contributed by atoms with van der Waals surface area (Å²) in [4.78, 5) is 11.4. The van der Waals surface area contributed by atoms with E-state index < -0.39 is 0 Å². The predicted octanol–water partition coefficient (Wildman–Crippen LogP) is 1.44. The van der Waals surface area contributed by atoms with Crippen LogP contribution in [-0.4, -0.2) is 18.8 Å². The fourth-order valence-corrected chi connectivity index (χ4v) is 1.91. The van der Waals surface area contributed by atoms with Crippen molar-refractivity contribution in [2.75, 3.05) is 12.9 Å². The third kappa shape index (κ3) is 1.95. The average molecular weight is 162 g/mol. The number of carbonyl (C=O) groups excluding carboxylic acids is 1. The van der Waals surface area contributed by atoms with Crippen molar-refractivity contribution in [1.82, 2.24) is 0 Å². The molecular formula is C5H6O2S2. The molecule has 0 aromatic heterocycles. The normalized spacial score (nSPS) is 17.4. The molecule has 0 aromatic rings. The highest BCUT2D eigenvalue weighted by Crippen LogP contribution is 2.29. The van der Waals surface area contributed by atoms with Crippen LogP contribution in [0.3, 0.4) is 0 Å². The third-order valence-electron chi connectivity index (χ3n) is 0.826. The zero-order valence-corrected chi connectivity index (χ0v) is 6.55. The number of carbonyl (C=O) groups is 1. The molecule has 9 heavy (non-hydrogen) atoms. The first-order valence-electron chi connectivity index (χ1n) is 2.41. The smallest absolute Gasteiger partial charge is 0.332 e. The van der Waals surface area contributed by atoms with E-state index in [1.165, 1.54) is 6.08 Å². The number of ether oxygens (including phenoxy) is 1. The van der Waals surface area contributed by atoms with Crippen LogP contribution in [0.2, 0.25) is 0 Å². The highest BCUT2D eigenvalue weighted by Gasteiger charge is 2.11. The minimum Gasteiger partial charge on any atom is -0.457 e. The number of rotatable bonds is 2. The summed E-state index contributed by atoms with van der Waals surface area (Å²) in [7, 11) is 3.19. The lowest BCUT2D eigenvalue weighted by molar-refractivity contribution is -0.134. The first-order chi connectivity index (χ1) is 4.33. The van der Waals surface area contributed by atoms with E-state index in [1.807, 2.05) is 6.26 Å². The van der Waals surface area contributed by atoms with E-state index in [4.69, 9.17) is 0 Å². The monoisotopic (exact) mass is 162 g/mol. The van der Waals surface area contributed by atoms with Gasteiger partial charge in [-0.2, -0.15) is 0 Å². The lowest BCUT2D eigenvalue weighted by Gasteiger charge is -1.92. The molecule has 0 unspecified atom stereocenters. The van der Waals surface area contributed by atoms with Gasteiger partial charge in [-0.25, -0.2) is 4.79 Å².